The summed E-state index contributed by atoms with van der Waals surface area (Å²) in [6, 6.07) is 14.9. The lowest BCUT2D eigenvalue weighted by molar-refractivity contribution is -0.129. The third kappa shape index (κ3) is 3.30. The molecule has 1 aliphatic heterocycles. The van der Waals surface area contributed by atoms with E-state index >= 15 is 0 Å². The molecule has 0 saturated heterocycles. The largest absolute Gasteiger partial charge is 0.503 e. The molecule has 7 heteroatoms. The first kappa shape index (κ1) is 19.8. The summed E-state index contributed by atoms with van der Waals surface area (Å²) in [7, 11) is 2.01. The first-order valence-electron chi connectivity index (χ1n) is 9.95. The number of rotatable bonds is 6. The zero-order valence-corrected chi connectivity index (χ0v) is 18.5. The second-order valence-corrected chi connectivity index (χ2v) is 9.44. The predicted molar refractivity (Wildman–Crippen MR) is 124 cm³/mol. The van der Waals surface area contributed by atoms with Crippen molar-refractivity contribution in [2.75, 3.05) is 6.54 Å². The summed E-state index contributed by atoms with van der Waals surface area (Å²) in [5.41, 5.74) is 2.44. The average Bonchev–Trinajstić information content (AvgIpc) is 3.56. The van der Waals surface area contributed by atoms with E-state index < -0.39 is 17.7 Å². The van der Waals surface area contributed by atoms with Crippen LogP contribution in [0.15, 0.2) is 76.8 Å². The summed E-state index contributed by atoms with van der Waals surface area (Å²) in [6.07, 6.45) is 2.71. The number of aliphatic hydroxyl groups is 1. The molecule has 0 radical (unpaired) electrons. The van der Waals surface area contributed by atoms with Gasteiger partial charge in [-0.2, -0.15) is 0 Å². The number of aliphatic hydroxyl groups excluding tert-OH is 1. The molecule has 0 saturated carbocycles. The number of carbonyl (C=O) groups is 2. The van der Waals surface area contributed by atoms with Crippen LogP contribution in [0, 0.1) is 0 Å². The van der Waals surface area contributed by atoms with Crippen LogP contribution in [0.1, 0.15) is 26.2 Å². The number of carbonyl (C=O) groups excluding carboxylic acids is 2. The molecule has 31 heavy (non-hydrogen) atoms. The number of hydrogen-bond donors (Lipinski definition) is 1. The zero-order chi connectivity index (χ0) is 21.5. The second kappa shape index (κ2) is 7.83. The molecule has 1 amide bonds. The minimum Gasteiger partial charge on any atom is -0.503 e. The van der Waals surface area contributed by atoms with Crippen molar-refractivity contribution in [2.45, 2.75) is 12.5 Å². The van der Waals surface area contributed by atoms with Gasteiger partial charge in [0.15, 0.2) is 5.76 Å². The van der Waals surface area contributed by atoms with Gasteiger partial charge in [0.2, 0.25) is 5.78 Å². The van der Waals surface area contributed by atoms with Crippen molar-refractivity contribution in [1.82, 2.24) is 9.47 Å². The van der Waals surface area contributed by atoms with Crippen molar-refractivity contribution in [3.05, 3.63) is 92.1 Å². The van der Waals surface area contributed by atoms with E-state index in [1.807, 2.05) is 42.1 Å². The number of amides is 1. The standard InChI is InChI=1S/C24H20N2O3S2/c1-25-14-15(16-6-2-3-7-17(16)25)10-11-26-21(18-8-4-12-30-18)20(23(28)24(26)29)22(27)19-9-5-13-31-19/h2-9,12-14,21,28H,10-11H2,1H3. The number of nitrogens with zero attached hydrogens (tertiary/aromatic N) is 2. The molecule has 1 atom stereocenters. The molecule has 156 valence electrons. The number of hydrogen-bond acceptors (Lipinski definition) is 5. The van der Waals surface area contributed by atoms with Gasteiger partial charge in [0, 0.05) is 35.6 Å². The first-order chi connectivity index (χ1) is 15.1. The highest BCUT2D eigenvalue weighted by molar-refractivity contribution is 7.12. The summed E-state index contributed by atoms with van der Waals surface area (Å²) in [5.74, 6) is -1.21. The van der Waals surface area contributed by atoms with Gasteiger partial charge >= 0.3 is 0 Å². The van der Waals surface area contributed by atoms with E-state index in [4.69, 9.17) is 0 Å². The Hall–Kier alpha value is -3.16. The van der Waals surface area contributed by atoms with Gasteiger partial charge in [-0.15, -0.1) is 22.7 Å². The minimum atomic E-state index is -0.572. The maximum Gasteiger partial charge on any atom is 0.290 e. The Balaban J connectivity index is 1.49. The smallest absolute Gasteiger partial charge is 0.290 e. The van der Waals surface area contributed by atoms with E-state index in [1.54, 1.807) is 17.0 Å². The van der Waals surface area contributed by atoms with Crippen LogP contribution in [-0.4, -0.2) is 32.8 Å². The van der Waals surface area contributed by atoms with Crippen LogP contribution >= 0.6 is 22.7 Å². The fourth-order valence-electron chi connectivity index (χ4n) is 4.27. The lowest BCUT2D eigenvalue weighted by atomic mass is 10.0. The van der Waals surface area contributed by atoms with Gasteiger partial charge < -0.3 is 14.6 Å². The molecule has 4 heterocycles. The SMILES string of the molecule is Cn1cc(CCN2C(=O)C(O)=C(C(=O)c3cccs3)C2c2cccs2)c2ccccc21. The van der Waals surface area contributed by atoms with Gasteiger partial charge in [-0.05, 0) is 40.9 Å². The third-order valence-corrected chi connectivity index (χ3v) is 7.50. The number of Topliss-reactive ketones (excluding diaryl/α,β-unsaturated/α-hetero) is 1. The van der Waals surface area contributed by atoms with Gasteiger partial charge in [-0.25, -0.2) is 0 Å². The number of para-hydroxylation sites is 1. The summed E-state index contributed by atoms with van der Waals surface area (Å²) < 4.78 is 2.08. The number of benzene rings is 1. The Bertz CT molecular complexity index is 1300. The van der Waals surface area contributed by atoms with Gasteiger partial charge in [-0.3, -0.25) is 9.59 Å². The molecule has 1 N–H and O–H groups in total. The summed E-state index contributed by atoms with van der Waals surface area (Å²) >= 11 is 2.79. The highest BCUT2D eigenvalue weighted by atomic mass is 32.1. The highest BCUT2D eigenvalue weighted by Gasteiger charge is 2.44. The Kier molecular flexibility index (Phi) is 5.00. The van der Waals surface area contributed by atoms with Crippen LogP contribution in [0.2, 0.25) is 0 Å². The van der Waals surface area contributed by atoms with E-state index in [9.17, 15) is 14.7 Å². The Labute approximate surface area is 187 Å². The fraction of sp³-hybridized carbons (Fsp3) is 0.167. The van der Waals surface area contributed by atoms with Crippen LogP contribution in [-0.2, 0) is 18.3 Å². The topological polar surface area (TPSA) is 62.5 Å². The maximum atomic E-state index is 13.2. The van der Waals surface area contributed by atoms with Gasteiger partial charge in [0.1, 0.15) is 0 Å². The zero-order valence-electron chi connectivity index (χ0n) is 16.8. The number of thiophene rings is 2. The van der Waals surface area contributed by atoms with Crippen molar-refractivity contribution >= 4 is 45.3 Å². The molecule has 1 aliphatic rings. The van der Waals surface area contributed by atoms with Crippen LogP contribution < -0.4 is 0 Å². The Morgan fingerprint density at radius 1 is 1.06 bits per heavy atom. The molecular weight excluding hydrogens is 428 g/mol. The summed E-state index contributed by atoms with van der Waals surface area (Å²) in [4.78, 5) is 29.3. The predicted octanol–water partition coefficient (Wildman–Crippen LogP) is 5.12. The van der Waals surface area contributed by atoms with Crippen molar-refractivity contribution in [1.29, 1.82) is 0 Å². The number of ketones is 1. The van der Waals surface area contributed by atoms with E-state index in [0.717, 1.165) is 21.3 Å². The van der Waals surface area contributed by atoms with Crippen molar-refractivity contribution < 1.29 is 14.7 Å². The van der Waals surface area contributed by atoms with E-state index in [-0.39, 0.29) is 11.4 Å². The van der Waals surface area contributed by atoms with Gasteiger partial charge in [0.25, 0.3) is 5.91 Å². The van der Waals surface area contributed by atoms with Crippen molar-refractivity contribution in [3.63, 3.8) is 0 Å². The summed E-state index contributed by atoms with van der Waals surface area (Å²) in [6.45, 7) is 0.403. The lowest BCUT2D eigenvalue weighted by Gasteiger charge is -2.25. The van der Waals surface area contributed by atoms with Crippen LogP contribution in [0.5, 0.6) is 0 Å². The average molecular weight is 449 g/mol. The number of aromatic nitrogens is 1. The van der Waals surface area contributed by atoms with Crippen molar-refractivity contribution in [3.8, 4) is 0 Å². The molecule has 0 spiro atoms. The van der Waals surface area contributed by atoms with Crippen LogP contribution in [0.25, 0.3) is 10.9 Å². The Morgan fingerprint density at radius 2 is 1.84 bits per heavy atom. The molecular formula is C24H20N2O3S2. The highest BCUT2D eigenvalue weighted by Crippen LogP contribution is 2.41. The first-order valence-corrected chi connectivity index (χ1v) is 11.7. The molecule has 5 nitrogen and oxygen atoms in total. The van der Waals surface area contributed by atoms with E-state index in [2.05, 4.69) is 22.9 Å². The minimum absolute atomic E-state index is 0.174. The number of fused-ring (bicyclic) bond motifs is 1. The normalized spacial score (nSPS) is 16.6. The molecule has 1 aromatic carbocycles. The third-order valence-electron chi connectivity index (χ3n) is 5.71. The molecule has 0 fully saturated rings. The second-order valence-electron chi connectivity index (χ2n) is 7.52. The van der Waals surface area contributed by atoms with Gasteiger partial charge in [0.05, 0.1) is 16.5 Å². The lowest BCUT2D eigenvalue weighted by Crippen LogP contribution is -2.32. The van der Waals surface area contributed by atoms with Crippen LogP contribution in [0.3, 0.4) is 0 Å². The van der Waals surface area contributed by atoms with Gasteiger partial charge in [-0.1, -0.05) is 30.3 Å². The Morgan fingerprint density at radius 3 is 2.58 bits per heavy atom. The molecule has 5 rings (SSSR count). The monoisotopic (exact) mass is 448 g/mol. The molecule has 4 aromatic rings. The molecule has 1 unspecified atom stereocenters. The molecule has 0 aliphatic carbocycles. The van der Waals surface area contributed by atoms with Crippen LogP contribution in [0.4, 0.5) is 0 Å². The molecule has 0 bridgehead atoms. The maximum absolute atomic E-state index is 13.2. The summed E-state index contributed by atoms with van der Waals surface area (Å²) in [5, 5.41) is 15.6. The van der Waals surface area contributed by atoms with E-state index in [0.29, 0.717) is 17.8 Å². The van der Waals surface area contributed by atoms with E-state index in [1.165, 1.54) is 22.7 Å². The fourth-order valence-corrected chi connectivity index (χ4v) is 5.79. The quantitative estimate of drug-likeness (QED) is 0.416. The van der Waals surface area contributed by atoms with Crippen molar-refractivity contribution in [2.24, 2.45) is 7.05 Å². The molecule has 3 aromatic heterocycles. The number of aryl methyl sites for hydroxylation is 1.